The van der Waals surface area contributed by atoms with Gasteiger partial charge >= 0.3 is 0 Å². The molecule has 0 aromatic heterocycles. The first-order valence-corrected chi connectivity index (χ1v) is 6.14. The Morgan fingerprint density at radius 2 is 2.17 bits per heavy atom. The molecule has 2 nitrogen and oxygen atoms in total. The van der Waals surface area contributed by atoms with Crippen LogP contribution in [0.4, 0.5) is 0 Å². The van der Waals surface area contributed by atoms with E-state index in [2.05, 4.69) is 23.5 Å². The average Bonchev–Trinajstić information content (AvgIpc) is 1.95. The van der Waals surface area contributed by atoms with E-state index in [1.807, 2.05) is 11.8 Å². The van der Waals surface area contributed by atoms with Gasteiger partial charge in [-0.15, -0.1) is 0 Å². The predicted octanol–water partition coefficient (Wildman–Crippen LogP) is 1.03. The number of thioether (sulfide) groups is 1. The van der Waals surface area contributed by atoms with Crippen LogP contribution in [0.3, 0.4) is 0 Å². The third-order valence-corrected chi connectivity index (χ3v) is 3.19. The Morgan fingerprint density at radius 1 is 1.42 bits per heavy atom. The molecular weight excluding hydrogens is 168 g/mol. The Kier molecular flexibility index (Phi) is 5.04. The molecule has 3 heteroatoms. The molecule has 1 saturated heterocycles. The number of hydrogen-bond acceptors (Lipinski definition) is 3. The summed E-state index contributed by atoms with van der Waals surface area (Å²) < 4.78 is 0. The van der Waals surface area contributed by atoms with Crippen LogP contribution >= 0.6 is 11.8 Å². The normalized spacial score (nSPS) is 18.2. The Balaban J connectivity index is 1.91. The second kappa shape index (κ2) is 5.84. The Bertz CT molecular complexity index is 115. The number of hydrogen-bond donors (Lipinski definition) is 1. The van der Waals surface area contributed by atoms with Gasteiger partial charge in [-0.2, -0.15) is 11.8 Å². The van der Waals surface area contributed by atoms with Gasteiger partial charge in [0.15, 0.2) is 0 Å². The van der Waals surface area contributed by atoms with E-state index in [9.17, 15) is 0 Å². The lowest BCUT2D eigenvalue weighted by molar-refractivity contribution is 0.178. The molecule has 0 aromatic carbocycles. The van der Waals surface area contributed by atoms with Gasteiger partial charge in [-0.05, 0) is 38.4 Å². The van der Waals surface area contributed by atoms with E-state index >= 15 is 0 Å². The van der Waals surface area contributed by atoms with Crippen molar-refractivity contribution in [1.29, 1.82) is 0 Å². The molecule has 0 spiro atoms. The van der Waals surface area contributed by atoms with Crippen LogP contribution in [0.5, 0.6) is 0 Å². The number of nitrogens with one attached hydrogen (secondary N) is 1. The van der Waals surface area contributed by atoms with Gasteiger partial charge < -0.3 is 10.2 Å². The highest BCUT2D eigenvalue weighted by molar-refractivity contribution is 7.98. The lowest BCUT2D eigenvalue weighted by Crippen LogP contribution is -2.56. The van der Waals surface area contributed by atoms with Gasteiger partial charge in [-0.25, -0.2) is 0 Å². The Hall–Kier alpha value is 0.270. The van der Waals surface area contributed by atoms with Crippen molar-refractivity contribution in [3.05, 3.63) is 0 Å². The van der Waals surface area contributed by atoms with Crippen molar-refractivity contribution in [3.63, 3.8) is 0 Å². The second-order valence-electron chi connectivity index (χ2n) is 3.49. The van der Waals surface area contributed by atoms with E-state index in [1.165, 1.54) is 38.2 Å². The molecule has 1 aliphatic heterocycles. The first-order chi connectivity index (χ1) is 5.84. The minimum atomic E-state index is 0.819. The molecule has 12 heavy (non-hydrogen) atoms. The SMILES string of the molecule is CSCCCCN(C)C1CNC1. The van der Waals surface area contributed by atoms with Crippen molar-refractivity contribution in [2.75, 3.05) is 38.7 Å². The van der Waals surface area contributed by atoms with E-state index in [0.29, 0.717) is 0 Å². The molecule has 0 saturated carbocycles. The highest BCUT2D eigenvalue weighted by Gasteiger charge is 2.20. The maximum Gasteiger partial charge on any atom is 0.0342 e. The average molecular weight is 188 g/mol. The van der Waals surface area contributed by atoms with Crippen LogP contribution in [0.1, 0.15) is 12.8 Å². The van der Waals surface area contributed by atoms with Gasteiger partial charge in [0.1, 0.15) is 0 Å². The largest absolute Gasteiger partial charge is 0.314 e. The third-order valence-electron chi connectivity index (χ3n) is 2.49. The molecule has 1 aliphatic rings. The van der Waals surface area contributed by atoms with E-state index in [4.69, 9.17) is 0 Å². The topological polar surface area (TPSA) is 15.3 Å². The van der Waals surface area contributed by atoms with Gasteiger partial charge in [0, 0.05) is 19.1 Å². The number of nitrogens with zero attached hydrogens (tertiary/aromatic N) is 1. The van der Waals surface area contributed by atoms with Crippen molar-refractivity contribution < 1.29 is 0 Å². The van der Waals surface area contributed by atoms with Crippen molar-refractivity contribution in [3.8, 4) is 0 Å². The first-order valence-electron chi connectivity index (χ1n) is 4.74. The standard InChI is InChI=1S/C9H20N2S/c1-11(9-7-10-8-9)5-3-4-6-12-2/h9-10H,3-8H2,1-2H3. The summed E-state index contributed by atoms with van der Waals surface area (Å²) >= 11 is 1.95. The zero-order valence-electron chi connectivity index (χ0n) is 8.18. The molecule has 0 unspecified atom stereocenters. The fraction of sp³-hybridized carbons (Fsp3) is 1.00. The second-order valence-corrected chi connectivity index (χ2v) is 4.48. The van der Waals surface area contributed by atoms with Crippen LogP contribution in [0.15, 0.2) is 0 Å². The lowest BCUT2D eigenvalue weighted by atomic mass is 10.1. The van der Waals surface area contributed by atoms with Crippen LogP contribution in [-0.2, 0) is 0 Å². The molecular formula is C9H20N2S. The quantitative estimate of drug-likeness (QED) is 0.627. The minimum Gasteiger partial charge on any atom is -0.314 e. The summed E-state index contributed by atoms with van der Waals surface area (Å²) in [6, 6.07) is 0.819. The summed E-state index contributed by atoms with van der Waals surface area (Å²) in [7, 11) is 2.24. The molecule has 72 valence electrons. The van der Waals surface area contributed by atoms with Crippen molar-refractivity contribution in [2.45, 2.75) is 18.9 Å². The molecule has 1 fully saturated rings. The lowest BCUT2D eigenvalue weighted by Gasteiger charge is -2.35. The van der Waals surface area contributed by atoms with E-state index in [-0.39, 0.29) is 0 Å². The number of rotatable bonds is 6. The van der Waals surface area contributed by atoms with E-state index in [0.717, 1.165) is 6.04 Å². The number of unbranched alkanes of at least 4 members (excludes halogenated alkanes) is 1. The highest BCUT2D eigenvalue weighted by Crippen LogP contribution is 2.05. The summed E-state index contributed by atoms with van der Waals surface area (Å²) in [5, 5.41) is 3.30. The molecule has 1 N–H and O–H groups in total. The Labute approximate surface area is 80.1 Å². The molecule has 0 amide bonds. The summed E-state index contributed by atoms with van der Waals surface area (Å²) in [5.41, 5.74) is 0. The maximum absolute atomic E-state index is 3.30. The van der Waals surface area contributed by atoms with Crippen molar-refractivity contribution in [2.24, 2.45) is 0 Å². The summed E-state index contributed by atoms with van der Waals surface area (Å²) in [5.74, 6) is 1.32. The van der Waals surface area contributed by atoms with Gasteiger partial charge in [0.25, 0.3) is 0 Å². The van der Waals surface area contributed by atoms with Gasteiger partial charge in [0.2, 0.25) is 0 Å². The molecule has 0 bridgehead atoms. The molecule has 0 radical (unpaired) electrons. The zero-order chi connectivity index (χ0) is 8.81. The summed E-state index contributed by atoms with van der Waals surface area (Å²) in [6.07, 6.45) is 4.90. The summed E-state index contributed by atoms with van der Waals surface area (Å²) in [4.78, 5) is 2.48. The maximum atomic E-state index is 3.30. The fourth-order valence-electron chi connectivity index (χ4n) is 1.38. The molecule has 0 atom stereocenters. The van der Waals surface area contributed by atoms with Crippen LogP contribution in [-0.4, -0.2) is 49.6 Å². The van der Waals surface area contributed by atoms with Crippen LogP contribution in [0.25, 0.3) is 0 Å². The third kappa shape index (κ3) is 3.33. The molecule has 1 rings (SSSR count). The van der Waals surface area contributed by atoms with Gasteiger partial charge in [0.05, 0.1) is 0 Å². The molecule has 0 aromatic rings. The van der Waals surface area contributed by atoms with Crippen LogP contribution < -0.4 is 5.32 Å². The Morgan fingerprint density at radius 3 is 2.67 bits per heavy atom. The number of likely N-dealkylation sites (N-methyl/N-ethyl adjacent to an activating group) is 1. The highest BCUT2D eigenvalue weighted by atomic mass is 32.2. The van der Waals surface area contributed by atoms with E-state index in [1.54, 1.807) is 0 Å². The fourth-order valence-corrected chi connectivity index (χ4v) is 1.87. The van der Waals surface area contributed by atoms with Crippen molar-refractivity contribution >= 4 is 11.8 Å². The van der Waals surface area contributed by atoms with Gasteiger partial charge in [-0.1, -0.05) is 0 Å². The summed E-state index contributed by atoms with van der Waals surface area (Å²) in [6.45, 7) is 3.66. The molecule has 0 aliphatic carbocycles. The smallest absolute Gasteiger partial charge is 0.0342 e. The van der Waals surface area contributed by atoms with Crippen molar-refractivity contribution in [1.82, 2.24) is 10.2 Å². The van der Waals surface area contributed by atoms with Gasteiger partial charge in [-0.3, -0.25) is 0 Å². The molecule has 1 heterocycles. The zero-order valence-corrected chi connectivity index (χ0v) is 8.99. The monoisotopic (exact) mass is 188 g/mol. The first kappa shape index (κ1) is 10.4. The minimum absolute atomic E-state index is 0.819. The predicted molar refractivity (Wildman–Crippen MR) is 56.9 cm³/mol. The van der Waals surface area contributed by atoms with Crippen LogP contribution in [0, 0.1) is 0 Å². The van der Waals surface area contributed by atoms with E-state index < -0.39 is 0 Å². The van der Waals surface area contributed by atoms with Crippen LogP contribution in [0.2, 0.25) is 0 Å².